The van der Waals surface area contributed by atoms with E-state index in [9.17, 15) is 9.59 Å². The lowest BCUT2D eigenvalue weighted by Gasteiger charge is -2.37. The summed E-state index contributed by atoms with van der Waals surface area (Å²) in [6, 6.07) is 4.95. The van der Waals surface area contributed by atoms with Gasteiger partial charge in [0.25, 0.3) is 0 Å². The van der Waals surface area contributed by atoms with Gasteiger partial charge < -0.3 is 10.2 Å². The van der Waals surface area contributed by atoms with E-state index in [4.69, 9.17) is 0 Å². The molecule has 20 heavy (non-hydrogen) atoms. The number of rotatable bonds is 5. The van der Waals surface area contributed by atoms with Crippen LogP contribution in [0.4, 0.5) is 0 Å². The zero-order chi connectivity index (χ0) is 14.5. The Morgan fingerprint density at radius 3 is 2.80 bits per heavy atom. The number of nitrogens with one attached hydrogen (secondary N) is 1. The van der Waals surface area contributed by atoms with Crippen molar-refractivity contribution in [3.63, 3.8) is 0 Å². The van der Waals surface area contributed by atoms with Gasteiger partial charge in [-0.3, -0.25) is 14.6 Å². The van der Waals surface area contributed by atoms with Crippen LogP contribution in [-0.2, 0) is 16.0 Å². The predicted octanol–water partition coefficient (Wildman–Crippen LogP) is 1.14. The molecule has 5 nitrogen and oxygen atoms in total. The molecule has 2 heterocycles. The number of hydrogen-bond donors (Lipinski definition) is 1. The third-order valence-electron chi connectivity index (χ3n) is 3.66. The fourth-order valence-electron chi connectivity index (χ4n) is 2.46. The van der Waals surface area contributed by atoms with E-state index in [-0.39, 0.29) is 17.9 Å². The van der Waals surface area contributed by atoms with Crippen LogP contribution in [0.1, 0.15) is 32.4 Å². The van der Waals surface area contributed by atoms with Crippen LogP contribution in [0, 0.1) is 0 Å². The molecule has 108 valence electrons. The Morgan fingerprint density at radius 1 is 1.35 bits per heavy atom. The molecule has 1 fully saturated rings. The molecule has 0 bridgehead atoms. The fourth-order valence-corrected chi connectivity index (χ4v) is 2.46. The van der Waals surface area contributed by atoms with Gasteiger partial charge in [0.15, 0.2) is 0 Å². The molecule has 1 aliphatic rings. The summed E-state index contributed by atoms with van der Waals surface area (Å²) >= 11 is 0. The smallest absolute Gasteiger partial charge is 0.245 e. The summed E-state index contributed by atoms with van der Waals surface area (Å²) in [5, 5.41) is 2.80. The highest BCUT2D eigenvalue weighted by Gasteiger charge is 2.37. The monoisotopic (exact) mass is 275 g/mol. The topological polar surface area (TPSA) is 62.3 Å². The maximum absolute atomic E-state index is 12.4. The van der Waals surface area contributed by atoms with Gasteiger partial charge in [0.1, 0.15) is 12.1 Å². The van der Waals surface area contributed by atoms with Gasteiger partial charge >= 0.3 is 0 Å². The van der Waals surface area contributed by atoms with Gasteiger partial charge in [-0.05, 0) is 25.5 Å². The van der Waals surface area contributed by atoms with Crippen LogP contribution in [-0.4, -0.2) is 40.3 Å². The Labute approximate surface area is 119 Å². The normalized spacial score (nSPS) is 22.8. The summed E-state index contributed by atoms with van der Waals surface area (Å²) in [4.78, 5) is 30.2. The first-order chi connectivity index (χ1) is 9.63. The molecule has 0 aliphatic carbocycles. The number of carbonyl (C=O) groups excluding carboxylic acids is 2. The second kappa shape index (κ2) is 6.50. The van der Waals surface area contributed by atoms with Crippen LogP contribution in [0.5, 0.6) is 0 Å². The maximum atomic E-state index is 12.4. The zero-order valence-corrected chi connectivity index (χ0v) is 12.0. The summed E-state index contributed by atoms with van der Waals surface area (Å²) < 4.78 is 0. The number of aromatic nitrogens is 1. The number of piperazine rings is 1. The first-order valence-corrected chi connectivity index (χ1v) is 7.14. The molecule has 1 aromatic heterocycles. The van der Waals surface area contributed by atoms with Gasteiger partial charge in [0.2, 0.25) is 11.8 Å². The lowest BCUT2D eigenvalue weighted by molar-refractivity contribution is -0.148. The van der Waals surface area contributed by atoms with Gasteiger partial charge in [-0.25, -0.2) is 0 Å². The van der Waals surface area contributed by atoms with Crippen LogP contribution in [0.2, 0.25) is 0 Å². The number of hydrogen-bond acceptors (Lipinski definition) is 3. The summed E-state index contributed by atoms with van der Waals surface area (Å²) in [6.45, 7) is 4.31. The molecule has 2 atom stereocenters. The quantitative estimate of drug-likeness (QED) is 0.876. The van der Waals surface area contributed by atoms with Crippen molar-refractivity contribution in [3.05, 3.63) is 30.1 Å². The fraction of sp³-hybridized carbons (Fsp3) is 0.533. The maximum Gasteiger partial charge on any atom is 0.245 e. The van der Waals surface area contributed by atoms with E-state index in [1.807, 2.05) is 25.1 Å². The van der Waals surface area contributed by atoms with Gasteiger partial charge in [0, 0.05) is 24.9 Å². The van der Waals surface area contributed by atoms with Crippen molar-refractivity contribution in [2.75, 3.05) is 6.54 Å². The van der Waals surface area contributed by atoms with Crippen molar-refractivity contribution in [2.24, 2.45) is 0 Å². The van der Waals surface area contributed by atoms with E-state index in [1.54, 1.807) is 18.0 Å². The molecule has 2 unspecified atom stereocenters. The van der Waals surface area contributed by atoms with Gasteiger partial charge in [-0.15, -0.1) is 0 Å². The highest BCUT2D eigenvalue weighted by atomic mass is 16.2. The molecule has 1 aliphatic heterocycles. The Morgan fingerprint density at radius 2 is 2.15 bits per heavy atom. The first kappa shape index (κ1) is 14.5. The van der Waals surface area contributed by atoms with Gasteiger partial charge in [0.05, 0.1) is 0 Å². The molecular weight excluding hydrogens is 254 g/mol. The van der Waals surface area contributed by atoms with E-state index < -0.39 is 6.04 Å². The summed E-state index contributed by atoms with van der Waals surface area (Å²) in [5.41, 5.74) is 0.936. The predicted molar refractivity (Wildman–Crippen MR) is 76.0 cm³/mol. The van der Waals surface area contributed by atoms with Crippen molar-refractivity contribution in [1.82, 2.24) is 15.2 Å². The lowest BCUT2D eigenvalue weighted by atomic mass is 10.0. The third-order valence-corrected chi connectivity index (χ3v) is 3.66. The second-order valence-corrected chi connectivity index (χ2v) is 5.13. The Bertz CT molecular complexity index is 475. The van der Waals surface area contributed by atoms with Gasteiger partial charge in [-0.1, -0.05) is 19.4 Å². The van der Waals surface area contributed by atoms with Crippen molar-refractivity contribution in [2.45, 2.75) is 45.2 Å². The van der Waals surface area contributed by atoms with Crippen molar-refractivity contribution >= 4 is 11.8 Å². The van der Waals surface area contributed by atoms with E-state index >= 15 is 0 Å². The summed E-state index contributed by atoms with van der Waals surface area (Å²) in [7, 11) is 0. The minimum Gasteiger partial charge on any atom is -0.343 e. The summed E-state index contributed by atoms with van der Waals surface area (Å²) in [5.74, 6) is -0.0426. The standard InChI is InChI=1S/C15H21N3O2/c1-3-6-13-15(20)18(11(2)14(19)17-13)10-8-12-7-4-5-9-16-12/h4-5,7,9,11,13H,3,6,8,10H2,1-2H3,(H,17,19). The molecule has 1 N–H and O–H groups in total. The van der Waals surface area contributed by atoms with Crippen molar-refractivity contribution < 1.29 is 9.59 Å². The molecule has 0 spiro atoms. The van der Waals surface area contributed by atoms with E-state index in [0.29, 0.717) is 19.4 Å². The van der Waals surface area contributed by atoms with Crippen LogP contribution in [0.15, 0.2) is 24.4 Å². The highest BCUT2D eigenvalue weighted by molar-refractivity contribution is 5.96. The van der Waals surface area contributed by atoms with Crippen LogP contribution < -0.4 is 5.32 Å². The average molecular weight is 275 g/mol. The Hall–Kier alpha value is -1.91. The zero-order valence-electron chi connectivity index (χ0n) is 12.0. The third kappa shape index (κ3) is 3.15. The van der Waals surface area contributed by atoms with Crippen LogP contribution in [0.3, 0.4) is 0 Å². The molecule has 1 saturated heterocycles. The molecule has 0 aromatic carbocycles. The molecule has 2 rings (SSSR count). The molecule has 5 heteroatoms. The van der Waals surface area contributed by atoms with E-state index in [1.165, 1.54) is 0 Å². The Balaban J connectivity index is 2.03. The molecule has 2 amide bonds. The van der Waals surface area contributed by atoms with Gasteiger partial charge in [-0.2, -0.15) is 0 Å². The molecular formula is C15H21N3O2. The molecule has 0 radical (unpaired) electrons. The van der Waals surface area contributed by atoms with E-state index in [0.717, 1.165) is 12.1 Å². The SMILES string of the molecule is CCCC1NC(=O)C(C)N(CCc2ccccn2)C1=O. The van der Waals surface area contributed by atoms with Crippen LogP contribution in [0.25, 0.3) is 0 Å². The largest absolute Gasteiger partial charge is 0.343 e. The average Bonchev–Trinajstić information content (AvgIpc) is 2.46. The molecule has 1 aromatic rings. The van der Waals surface area contributed by atoms with Crippen molar-refractivity contribution in [3.8, 4) is 0 Å². The number of nitrogens with zero attached hydrogens (tertiary/aromatic N) is 2. The second-order valence-electron chi connectivity index (χ2n) is 5.13. The highest BCUT2D eigenvalue weighted by Crippen LogP contribution is 2.14. The lowest BCUT2D eigenvalue weighted by Crippen LogP contribution is -2.62. The number of pyridine rings is 1. The number of amides is 2. The van der Waals surface area contributed by atoms with E-state index in [2.05, 4.69) is 10.3 Å². The minimum absolute atomic E-state index is 0.0230. The number of carbonyl (C=O) groups is 2. The van der Waals surface area contributed by atoms with Crippen molar-refractivity contribution in [1.29, 1.82) is 0 Å². The Kier molecular flexibility index (Phi) is 4.71. The minimum atomic E-state index is -0.403. The van der Waals surface area contributed by atoms with Crippen LogP contribution >= 0.6 is 0 Å². The first-order valence-electron chi connectivity index (χ1n) is 7.14. The molecule has 0 saturated carbocycles. The summed E-state index contributed by atoms with van der Waals surface area (Å²) in [6.07, 6.45) is 3.98.